The number of para-hydroxylation sites is 1. The van der Waals surface area contributed by atoms with Gasteiger partial charge >= 0.3 is 5.97 Å². The third-order valence-corrected chi connectivity index (χ3v) is 4.90. The highest BCUT2D eigenvalue weighted by Gasteiger charge is 2.27. The monoisotopic (exact) mass is 440 g/mol. The Kier molecular flexibility index (Phi) is 10.1. The summed E-state index contributed by atoms with van der Waals surface area (Å²) in [4.78, 5) is 47.6. The normalized spacial score (nSPS) is 13.6. The molecule has 0 aliphatic carbocycles. The van der Waals surface area contributed by atoms with Gasteiger partial charge in [-0.1, -0.05) is 31.5 Å². The molecule has 10 heteroatoms. The molecule has 0 radical (unpaired) electrons. The summed E-state index contributed by atoms with van der Waals surface area (Å²) >= 11 is 6.25. The summed E-state index contributed by atoms with van der Waals surface area (Å²) < 4.78 is 0. The molecule has 3 atom stereocenters. The van der Waals surface area contributed by atoms with E-state index in [1.165, 1.54) is 0 Å². The molecule has 0 fully saturated rings. The maximum absolute atomic E-state index is 12.8. The SMILES string of the molecule is CCC(C)Nc1c(Cl)cccc1C(=O)N[C@H](CC)C(=O)N[C@@H](CCC(N)=O)C(=O)O. The van der Waals surface area contributed by atoms with Crippen LogP contribution in [0.3, 0.4) is 0 Å². The highest BCUT2D eigenvalue weighted by atomic mass is 35.5. The number of primary amides is 1. The van der Waals surface area contributed by atoms with Gasteiger partial charge in [-0.25, -0.2) is 4.79 Å². The van der Waals surface area contributed by atoms with E-state index in [-0.39, 0.29) is 30.9 Å². The Morgan fingerprint density at radius 1 is 1.10 bits per heavy atom. The summed E-state index contributed by atoms with van der Waals surface area (Å²) in [5.74, 6) is -3.14. The molecule has 6 N–H and O–H groups in total. The van der Waals surface area contributed by atoms with Crippen LogP contribution in [0.5, 0.6) is 0 Å². The van der Waals surface area contributed by atoms with E-state index in [1.807, 2.05) is 13.8 Å². The van der Waals surface area contributed by atoms with Gasteiger partial charge in [0.25, 0.3) is 5.91 Å². The summed E-state index contributed by atoms with van der Waals surface area (Å²) in [7, 11) is 0. The molecular weight excluding hydrogens is 412 g/mol. The predicted molar refractivity (Wildman–Crippen MR) is 114 cm³/mol. The number of amides is 3. The lowest BCUT2D eigenvalue weighted by Crippen LogP contribution is -2.51. The van der Waals surface area contributed by atoms with Crippen LogP contribution in [0.1, 0.15) is 56.8 Å². The fourth-order valence-corrected chi connectivity index (χ4v) is 2.84. The van der Waals surface area contributed by atoms with Crippen molar-refractivity contribution in [3.05, 3.63) is 28.8 Å². The summed E-state index contributed by atoms with van der Waals surface area (Å²) in [6.07, 6.45) is 0.716. The molecule has 0 bridgehead atoms. The van der Waals surface area contributed by atoms with E-state index in [2.05, 4.69) is 16.0 Å². The van der Waals surface area contributed by atoms with Gasteiger partial charge in [-0.15, -0.1) is 0 Å². The minimum atomic E-state index is -1.29. The van der Waals surface area contributed by atoms with Gasteiger partial charge in [0.1, 0.15) is 12.1 Å². The number of carbonyl (C=O) groups is 4. The molecule has 166 valence electrons. The van der Waals surface area contributed by atoms with Crippen molar-refractivity contribution in [2.45, 2.75) is 64.6 Å². The third-order valence-electron chi connectivity index (χ3n) is 4.59. The Morgan fingerprint density at radius 3 is 2.30 bits per heavy atom. The van der Waals surface area contributed by atoms with Gasteiger partial charge in [0.2, 0.25) is 11.8 Å². The third kappa shape index (κ3) is 7.55. The molecule has 9 nitrogen and oxygen atoms in total. The molecule has 1 unspecified atom stereocenters. The molecule has 0 saturated heterocycles. The van der Waals surface area contributed by atoms with E-state index in [9.17, 15) is 24.3 Å². The fourth-order valence-electron chi connectivity index (χ4n) is 2.61. The topological polar surface area (TPSA) is 151 Å². The molecule has 0 aliphatic rings. The largest absolute Gasteiger partial charge is 0.480 e. The number of aliphatic carboxylic acids is 1. The Labute approximate surface area is 180 Å². The second-order valence-electron chi connectivity index (χ2n) is 6.95. The van der Waals surface area contributed by atoms with Crippen molar-refractivity contribution in [1.29, 1.82) is 0 Å². The van der Waals surface area contributed by atoms with Gasteiger partial charge in [-0.2, -0.15) is 0 Å². The number of halogens is 1. The van der Waals surface area contributed by atoms with Crippen molar-refractivity contribution in [1.82, 2.24) is 10.6 Å². The van der Waals surface area contributed by atoms with Gasteiger partial charge in [0, 0.05) is 12.5 Å². The fraction of sp³-hybridized carbons (Fsp3) is 0.500. The Balaban J connectivity index is 2.95. The van der Waals surface area contributed by atoms with Crippen LogP contribution < -0.4 is 21.7 Å². The van der Waals surface area contributed by atoms with E-state index in [1.54, 1.807) is 25.1 Å². The van der Waals surface area contributed by atoms with Crippen LogP contribution in [0.4, 0.5) is 5.69 Å². The molecule has 1 rings (SSSR count). The van der Waals surface area contributed by atoms with E-state index in [0.29, 0.717) is 10.7 Å². The highest BCUT2D eigenvalue weighted by molar-refractivity contribution is 6.34. The van der Waals surface area contributed by atoms with Crippen molar-refractivity contribution >= 4 is 41.0 Å². The van der Waals surface area contributed by atoms with Gasteiger partial charge < -0.3 is 26.8 Å². The molecule has 0 aliphatic heterocycles. The van der Waals surface area contributed by atoms with E-state index in [0.717, 1.165) is 6.42 Å². The van der Waals surface area contributed by atoms with Crippen LogP contribution in [0.2, 0.25) is 5.02 Å². The second kappa shape index (κ2) is 12.0. The molecule has 30 heavy (non-hydrogen) atoms. The number of benzene rings is 1. The van der Waals surface area contributed by atoms with Crippen LogP contribution in [0.15, 0.2) is 18.2 Å². The van der Waals surface area contributed by atoms with Crippen LogP contribution in [0.25, 0.3) is 0 Å². The lowest BCUT2D eigenvalue weighted by molar-refractivity contribution is -0.142. The Hall–Kier alpha value is -2.81. The number of carboxylic acids is 1. The van der Waals surface area contributed by atoms with E-state index < -0.39 is 35.8 Å². The first kappa shape index (κ1) is 25.2. The average Bonchev–Trinajstić information content (AvgIpc) is 2.69. The molecule has 0 aromatic heterocycles. The molecular formula is C20H29ClN4O5. The number of carbonyl (C=O) groups excluding carboxylic acids is 3. The van der Waals surface area contributed by atoms with Crippen molar-refractivity contribution in [3.8, 4) is 0 Å². The number of carboxylic acid groups (broad SMARTS) is 1. The van der Waals surface area contributed by atoms with Gasteiger partial charge in [0.15, 0.2) is 0 Å². The molecule has 3 amide bonds. The number of nitrogens with one attached hydrogen (secondary N) is 3. The first-order valence-electron chi connectivity index (χ1n) is 9.78. The number of rotatable bonds is 12. The average molecular weight is 441 g/mol. The second-order valence-corrected chi connectivity index (χ2v) is 7.36. The summed E-state index contributed by atoms with van der Waals surface area (Å²) in [5, 5.41) is 17.8. The van der Waals surface area contributed by atoms with Crippen molar-refractivity contribution in [2.24, 2.45) is 5.73 Å². The predicted octanol–water partition coefficient (Wildman–Crippen LogP) is 1.89. The van der Waals surface area contributed by atoms with Crippen LogP contribution in [-0.4, -0.2) is 46.9 Å². The lowest BCUT2D eigenvalue weighted by Gasteiger charge is -2.22. The number of anilines is 1. The van der Waals surface area contributed by atoms with Crippen LogP contribution in [-0.2, 0) is 14.4 Å². The highest BCUT2D eigenvalue weighted by Crippen LogP contribution is 2.27. The number of nitrogens with two attached hydrogens (primary N) is 1. The summed E-state index contributed by atoms with van der Waals surface area (Å²) in [5.41, 5.74) is 5.78. The first-order chi connectivity index (χ1) is 14.1. The molecule has 0 spiro atoms. The number of hydrogen-bond donors (Lipinski definition) is 5. The summed E-state index contributed by atoms with van der Waals surface area (Å²) in [6.45, 7) is 5.62. The zero-order valence-corrected chi connectivity index (χ0v) is 18.1. The van der Waals surface area contributed by atoms with Crippen LogP contribution >= 0.6 is 11.6 Å². The summed E-state index contributed by atoms with van der Waals surface area (Å²) in [6, 6.07) is 2.69. The quantitative estimate of drug-likeness (QED) is 0.335. The van der Waals surface area contributed by atoms with E-state index >= 15 is 0 Å². The standard InChI is InChI=1S/C20H29ClN4O5/c1-4-11(3)23-17-12(7-6-8-13(17)21)18(27)24-14(5-2)19(28)25-15(20(29)30)9-10-16(22)26/h6-8,11,14-15,23H,4-5,9-10H2,1-3H3,(H2,22,26)(H,24,27)(H,25,28)(H,29,30)/t11?,14-,15+/m1/s1. The zero-order chi connectivity index (χ0) is 22.8. The smallest absolute Gasteiger partial charge is 0.326 e. The van der Waals surface area contributed by atoms with Gasteiger partial charge in [-0.05, 0) is 38.3 Å². The number of hydrogen-bond acceptors (Lipinski definition) is 5. The Bertz CT molecular complexity index is 786. The van der Waals surface area contributed by atoms with E-state index in [4.69, 9.17) is 17.3 Å². The Morgan fingerprint density at radius 2 is 1.77 bits per heavy atom. The van der Waals surface area contributed by atoms with Crippen LogP contribution in [0, 0.1) is 0 Å². The first-order valence-corrected chi connectivity index (χ1v) is 10.2. The van der Waals surface area contributed by atoms with Crippen molar-refractivity contribution in [3.63, 3.8) is 0 Å². The maximum Gasteiger partial charge on any atom is 0.326 e. The molecule has 1 aromatic carbocycles. The zero-order valence-electron chi connectivity index (χ0n) is 17.3. The van der Waals surface area contributed by atoms with Gasteiger partial charge in [0.05, 0.1) is 16.3 Å². The molecule has 0 saturated carbocycles. The molecule has 0 heterocycles. The van der Waals surface area contributed by atoms with Gasteiger partial charge in [-0.3, -0.25) is 14.4 Å². The van der Waals surface area contributed by atoms with Crippen molar-refractivity contribution in [2.75, 3.05) is 5.32 Å². The molecule has 1 aromatic rings. The maximum atomic E-state index is 12.8. The minimum Gasteiger partial charge on any atom is -0.480 e. The minimum absolute atomic E-state index is 0.0725. The lowest BCUT2D eigenvalue weighted by atomic mass is 10.1. The van der Waals surface area contributed by atoms with Crippen molar-refractivity contribution < 1.29 is 24.3 Å².